The second-order valence-corrected chi connectivity index (χ2v) is 5.12. The first-order valence-corrected chi connectivity index (χ1v) is 7.50. The Morgan fingerprint density at radius 2 is 2.10 bits per heavy atom. The van der Waals surface area contributed by atoms with Crippen molar-refractivity contribution in [3.8, 4) is 11.5 Å². The summed E-state index contributed by atoms with van der Waals surface area (Å²) in [7, 11) is 0. The number of hydrogen-bond acceptors (Lipinski definition) is 3. The highest BCUT2D eigenvalue weighted by Gasteiger charge is 2.16. The molecule has 0 saturated heterocycles. The normalized spacial score (nSPS) is 12.5. The van der Waals surface area contributed by atoms with Crippen molar-refractivity contribution in [1.82, 2.24) is 4.90 Å². The quantitative estimate of drug-likeness (QED) is 0.573. The molecule has 2 rings (SSSR count). The number of rotatable bonds is 7. The van der Waals surface area contributed by atoms with Gasteiger partial charge in [0, 0.05) is 25.4 Å². The predicted octanol–water partition coefficient (Wildman–Crippen LogP) is 3.17. The Morgan fingerprint density at radius 3 is 2.85 bits per heavy atom. The third-order valence-electron chi connectivity index (χ3n) is 3.32. The van der Waals surface area contributed by atoms with E-state index in [1.807, 2.05) is 30.0 Å². The van der Waals surface area contributed by atoms with E-state index in [2.05, 4.69) is 0 Å². The fourth-order valence-corrected chi connectivity index (χ4v) is 2.35. The molecule has 0 spiro atoms. The predicted molar refractivity (Wildman–Crippen MR) is 78.2 cm³/mol. The lowest BCUT2D eigenvalue weighted by molar-refractivity contribution is -0.131. The lowest BCUT2D eigenvalue weighted by atomic mass is 10.1. The van der Waals surface area contributed by atoms with Gasteiger partial charge in [-0.3, -0.25) is 4.79 Å². The maximum atomic E-state index is 12.1. The fraction of sp³-hybridized carbons (Fsp3) is 0.533. The van der Waals surface area contributed by atoms with Crippen molar-refractivity contribution in [2.45, 2.75) is 32.7 Å². The zero-order chi connectivity index (χ0) is 14.4. The van der Waals surface area contributed by atoms with E-state index in [1.165, 1.54) is 0 Å². The number of amides is 1. The Hall–Kier alpha value is -1.42. The van der Waals surface area contributed by atoms with Gasteiger partial charge in [0.2, 0.25) is 12.7 Å². The molecule has 1 aliphatic rings. The molecule has 0 unspecified atom stereocenters. The minimum absolute atomic E-state index is 0.176. The highest BCUT2D eigenvalue weighted by molar-refractivity contribution is 6.17. The van der Waals surface area contributed by atoms with Gasteiger partial charge in [-0.25, -0.2) is 0 Å². The van der Waals surface area contributed by atoms with E-state index in [4.69, 9.17) is 21.1 Å². The Bertz CT molecular complexity index is 464. The number of halogens is 1. The number of carbonyl (C=O) groups is 1. The molecule has 0 bridgehead atoms. The van der Waals surface area contributed by atoms with E-state index in [1.54, 1.807) is 0 Å². The van der Waals surface area contributed by atoms with Crippen LogP contribution in [0.15, 0.2) is 18.2 Å². The minimum Gasteiger partial charge on any atom is -0.454 e. The van der Waals surface area contributed by atoms with Gasteiger partial charge in [0.1, 0.15) is 0 Å². The molecule has 0 radical (unpaired) electrons. The van der Waals surface area contributed by atoms with Crippen LogP contribution in [0.2, 0.25) is 0 Å². The van der Waals surface area contributed by atoms with Gasteiger partial charge in [0.05, 0.1) is 0 Å². The second-order valence-electron chi connectivity index (χ2n) is 4.74. The van der Waals surface area contributed by atoms with Gasteiger partial charge >= 0.3 is 0 Å². The van der Waals surface area contributed by atoms with Gasteiger partial charge in [-0.15, -0.1) is 11.6 Å². The van der Waals surface area contributed by atoms with Crippen molar-refractivity contribution in [3.05, 3.63) is 23.8 Å². The highest BCUT2D eigenvalue weighted by atomic mass is 35.5. The molecule has 4 nitrogen and oxygen atoms in total. The number of fused-ring (bicyclic) bond motifs is 1. The summed E-state index contributed by atoms with van der Waals surface area (Å²) in [4.78, 5) is 14.0. The topological polar surface area (TPSA) is 38.8 Å². The Balaban J connectivity index is 1.94. The van der Waals surface area contributed by atoms with Crippen LogP contribution in [0.5, 0.6) is 11.5 Å². The van der Waals surface area contributed by atoms with Gasteiger partial charge in [-0.05, 0) is 37.5 Å². The van der Waals surface area contributed by atoms with Gasteiger partial charge in [-0.2, -0.15) is 0 Å². The standard InChI is InChI=1S/C15H20ClNO3/c1-2-17(15(18)5-3-4-8-16)10-12-6-7-13-14(9-12)20-11-19-13/h6-7,9H,2-5,8,10-11H2,1H3. The summed E-state index contributed by atoms with van der Waals surface area (Å²) in [5.74, 6) is 2.32. The maximum absolute atomic E-state index is 12.1. The van der Waals surface area contributed by atoms with Crippen LogP contribution in [-0.4, -0.2) is 30.0 Å². The zero-order valence-electron chi connectivity index (χ0n) is 11.7. The summed E-state index contributed by atoms with van der Waals surface area (Å²) in [6.45, 7) is 3.57. The summed E-state index contributed by atoms with van der Waals surface area (Å²) in [5, 5.41) is 0. The third-order valence-corrected chi connectivity index (χ3v) is 3.59. The average molecular weight is 298 g/mol. The Kier molecular flexibility index (Phi) is 5.53. The SMILES string of the molecule is CCN(Cc1ccc2c(c1)OCO2)C(=O)CCCCCl. The molecule has 20 heavy (non-hydrogen) atoms. The lowest BCUT2D eigenvalue weighted by Gasteiger charge is -2.21. The third kappa shape index (κ3) is 3.79. The summed E-state index contributed by atoms with van der Waals surface area (Å²) >= 11 is 5.63. The molecule has 0 N–H and O–H groups in total. The number of alkyl halides is 1. The Morgan fingerprint density at radius 1 is 1.30 bits per heavy atom. The maximum Gasteiger partial charge on any atom is 0.231 e. The van der Waals surface area contributed by atoms with Gasteiger partial charge < -0.3 is 14.4 Å². The zero-order valence-corrected chi connectivity index (χ0v) is 12.5. The average Bonchev–Trinajstić information content (AvgIpc) is 2.92. The van der Waals surface area contributed by atoms with Crippen molar-refractivity contribution in [2.24, 2.45) is 0 Å². The molecule has 1 amide bonds. The van der Waals surface area contributed by atoms with Crippen molar-refractivity contribution < 1.29 is 14.3 Å². The van der Waals surface area contributed by atoms with Crippen molar-refractivity contribution in [3.63, 3.8) is 0 Å². The first-order chi connectivity index (χ1) is 9.74. The molecular formula is C15H20ClNO3. The second kappa shape index (κ2) is 7.39. The molecule has 1 aromatic carbocycles. The number of hydrogen-bond donors (Lipinski definition) is 0. The lowest BCUT2D eigenvalue weighted by Crippen LogP contribution is -2.30. The van der Waals surface area contributed by atoms with E-state index < -0.39 is 0 Å². The number of ether oxygens (including phenoxy) is 2. The first-order valence-electron chi connectivity index (χ1n) is 6.97. The largest absolute Gasteiger partial charge is 0.454 e. The number of benzene rings is 1. The van der Waals surface area contributed by atoms with Crippen LogP contribution in [0.25, 0.3) is 0 Å². The fourth-order valence-electron chi connectivity index (χ4n) is 2.16. The number of nitrogens with zero attached hydrogens (tertiary/aromatic N) is 1. The van der Waals surface area contributed by atoms with Gasteiger partial charge in [0.25, 0.3) is 0 Å². The molecule has 5 heteroatoms. The van der Waals surface area contributed by atoms with Crippen LogP contribution in [0.1, 0.15) is 31.7 Å². The molecule has 0 aliphatic carbocycles. The molecule has 110 valence electrons. The van der Waals surface area contributed by atoms with Gasteiger partial charge in [-0.1, -0.05) is 6.07 Å². The summed E-state index contributed by atoms with van der Waals surface area (Å²) < 4.78 is 10.6. The van der Waals surface area contributed by atoms with Crippen molar-refractivity contribution in [1.29, 1.82) is 0 Å². The molecule has 0 fully saturated rings. The van der Waals surface area contributed by atoms with E-state index in [-0.39, 0.29) is 12.7 Å². The van der Waals surface area contributed by atoms with E-state index in [0.29, 0.717) is 25.4 Å². The summed E-state index contributed by atoms with van der Waals surface area (Å²) in [5.41, 5.74) is 1.06. The smallest absolute Gasteiger partial charge is 0.231 e. The van der Waals surface area contributed by atoms with E-state index in [9.17, 15) is 4.79 Å². The van der Waals surface area contributed by atoms with Crippen LogP contribution in [0.3, 0.4) is 0 Å². The molecule has 1 aromatic rings. The number of carbonyl (C=O) groups excluding carboxylic acids is 1. The Labute approximate surface area is 124 Å². The van der Waals surface area contributed by atoms with Crippen LogP contribution < -0.4 is 9.47 Å². The number of unbranched alkanes of at least 4 members (excludes halogenated alkanes) is 1. The van der Waals surface area contributed by atoms with Crippen LogP contribution in [0.4, 0.5) is 0 Å². The molecule has 1 heterocycles. The molecule has 1 aliphatic heterocycles. The highest BCUT2D eigenvalue weighted by Crippen LogP contribution is 2.32. The molecule has 0 atom stereocenters. The molecule has 0 saturated carbocycles. The van der Waals surface area contributed by atoms with Crippen LogP contribution in [0, 0.1) is 0 Å². The van der Waals surface area contributed by atoms with Crippen molar-refractivity contribution in [2.75, 3.05) is 19.2 Å². The van der Waals surface area contributed by atoms with Gasteiger partial charge in [0.15, 0.2) is 11.5 Å². The first kappa shape index (κ1) is 15.0. The minimum atomic E-state index is 0.176. The van der Waals surface area contributed by atoms with E-state index >= 15 is 0 Å². The monoisotopic (exact) mass is 297 g/mol. The summed E-state index contributed by atoms with van der Waals surface area (Å²) in [6.07, 6.45) is 2.29. The van der Waals surface area contributed by atoms with Crippen molar-refractivity contribution >= 4 is 17.5 Å². The van der Waals surface area contributed by atoms with E-state index in [0.717, 1.165) is 29.9 Å². The van der Waals surface area contributed by atoms with Crippen LogP contribution >= 0.6 is 11.6 Å². The van der Waals surface area contributed by atoms with Crippen LogP contribution in [-0.2, 0) is 11.3 Å². The molecular weight excluding hydrogens is 278 g/mol. The molecule has 0 aromatic heterocycles. The summed E-state index contributed by atoms with van der Waals surface area (Å²) in [6, 6.07) is 5.81.